The molecule has 0 aromatic carbocycles. The molecule has 0 spiro atoms. The summed E-state index contributed by atoms with van der Waals surface area (Å²) in [6.07, 6.45) is 0. The third-order valence-electron chi connectivity index (χ3n) is 1.54. The molecule has 0 fully saturated rings. The van der Waals surface area contributed by atoms with E-state index >= 15 is 0 Å². The first kappa shape index (κ1) is 10.5. The van der Waals surface area contributed by atoms with E-state index in [4.69, 9.17) is 0 Å². The molecule has 0 saturated heterocycles. The molecular weight excluding hydrogens is 345 g/mol. The van der Waals surface area contributed by atoms with E-state index in [2.05, 4.69) is 44.8 Å². The van der Waals surface area contributed by atoms with Crippen LogP contribution in [0.1, 0.15) is 0 Å². The van der Waals surface area contributed by atoms with Gasteiger partial charge in [0.1, 0.15) is 0 Å². The van der Waals surface area contributed by atoms with Crippen molar-refractivity contribution in [3.8, 4) is 0 Å². The molecule has 0 aliphatic carbocycles. The van der Waals surface area contributed by atoms with Gasteiger partial charge in [-0.15, -0.1) is 0 Å². The predicted octanol–water partition coefficient (Wildman–Crippen LogP) is 3.22. The first-order valence-electron chi connectivity index (χ1n) is 2.83. The van der Waals surface area contributed by atoms with E-state index in [1.807, 2.05) is 16.1 Å². The minimum absolute atomic E-state index is 1.96. The molecule has 0 unspecified atom stereocenters. The quantitative estimate of drug-likeness (QED) is 0.536. The summed E-state index contributed by atoms with van der Waals surface area (Å²) in [5, 5.41) is 0. The molecule has 0 radical (unpaired) electrons. The van der Waals surface area contributed by atoms with Crippen LogP contribution in [0, 0.1) is 0 Å². The Bertz CT molecular complexity index is 150. The van der Waals surface area contributed by atoms with Gasteiger partial charge >= 0.3 is 74.3 Å². The fourth-order valence-electron chi connectivity index (χ4n) is 0.447. The monoisotopic (exact) mass is 356 g/mol. The van der Waals surface area contributed by atoms with Crippen molar-refractivity contribution in [2.75, 3.05) is 0 Å². The minimum atomic E-state index is -2.89. The van der Waals surface area contributed by atoms with Crippen LogP contribution in [0.4, 0.5) is 0 Å². The molecule has 0 amide bonds. The van der Waals surface area contributed by atoms with Crippen LogP contribution in [0.5, 0.6) is 0 Å². The van der Waals surface area contributed by atoms with Crippen molar-refractivity contribution in [2.45, 2.75) is 0 Å². The van der Waals surface area contributed by atoms with Crippen molar-refractivity contribution >= 4 is 31.9 Å². The van der Waals surface area contributed by atoms with Crippen LogP contribution < -0.4 is 0 Å². The summed E-state index contributed by atoms with van der Waals surface area (Å²) in [6.45, 7) is 15.1. The van der Waals surface area contributed by atoms with Gasteiger partial charge < -0.3 is 0 Å². The molecule has 0 saturated carbocycles. The molecule has 2 heteroatoms. The Balaban J connectivity index is 5.16. The van der Waals surface area contributed by atoms with Gasteiger partial charge in [0.25, 0.3) is 0 Å². The molecule has 0 rings (SSSR count). The van der Waals surface area contributed by atoms with Crippen LogP contribution >= 0.6 is 18.5 Å². The second kappa shape index (κ2) is 3.27. The molecule has 0 aromatic rings. The molecule has 0 N–H and O–H groups in total. The van der Waals surface area contributed by atoms with Gasteiger partial charge in [0.05, 0.1) is 0 Å². The van der Waals surface area contributed by atoms with Crippen molar-refractivity contribution in [1.82, 2.24) is 0 Å². The van der Waals surface area contributed by atoms with Gasteiger partial charge in [-0.1, -0.05) is 0 Å². The van der Waals surface area contributed by atoms with E-state index in [1.165, 1.54) is 0 Å². The maximum atomic E-state index is 3.79. The summed E-state index contributed by atoms with van der Waals surface area (Å²) in [5.74, 6) is 0. The van der Waals surface area contributed by atoms with Gasteiger partial charge in [-0.2, -0.15) is 0 Å². The van der Waals surface area contributed by atoms with Crippen molar-refractivity contribution in [1.29, 1.82) is 0 Å². The Labute approximate surface area is 73.5 Å². The number of hydrogen-bond acceptors (Lipinski definition) is 0. The molecule has 0 aliphatic rings. The molecule has 0 bridgehead atoms. The topological polar surface area (TPSA) is 0 Å². The van der Waals surface area contributed by atoms with Crippen molar-refractivity contribution in [3.05, 3.63) is 42.4 Å². The Kier molecular flexibility index (Phi) is 3.44. The van der Waals surface area contributed by atoms with Gasteiger partial charge in [0, 0.05) is 0 Å². The van der Waals surface area contributed by atoms with Gasteiger partial charge in [0.15, 0.2) is 0 Å². The van der Waals surface area contributed by atoms with Crippen LogP contribution in [-0.4, -0.2) is 13.4 Å². The summed E-state index contributed by atoms with van der Waals surface area (Å²) < 4.78 is 7.84. The van der Waals surface area contributed by atoms with Crippen LogP contribution in [0.3, 0.4) is 0 Å². The Morgan fingerprint density at radius 1 is 0.800 bits per heavy atom. The Morgan fingerprint density at radius 2 is 1.00 bits per heavy atom. The average molecular weight is 357 g/mol. The number of halogens is 1. The van der Waals surface area contributed by atoms with E-state index < -0.39 is 13.4 Å². The third-order valence-corrected chi connectivity index (χ3v) is 20.9. The van der Waals surface area contributed by atoms with E-state index in [-0.39, 0.29) is 0 Å². The van der Waals surface area contributed by atoms with E-state index in [0.717, 1.165) is 0 Å². The summed E-state index contributed by atoms with van der Waals surface area (Å²) in [7, 11) is 0. The molecule has 0 aromatic heterocycles. The third kappa shape index (κ3) is 1.76. The van der Waals surface area contributed by atoms with E-state index in [9.17, 15) is 0 Å². The summed E-state index contributed by atoms with van der Waals surface area (Å²) in [6, 6.07) is 0. The Morgan fingerprint density at radius 3 is 1.00 bits per heavy atom. The van der Waals surface area contributed by atoms with Crippen LogP contribution in [0.25, 0.3) is 0 Å². The number of hydrogen-bond donors (Lipinski definition) is 0. The first-order chi connectivity index (χ1) is 4.54. The zero-order chi connectivity index (χ0) is 8.28. The average Bonchev–Trinajstić information content (AvgIpc) is 2.04. The predicted molar refractivity (Wildman–Crippen MR) is 60.6 cm³/mol. The maximum absolute atomic E-state index is 3.79. The Hall–Kier alpha value is 0.508. The van der Waals surface area contributed by atoms with Crippen LogP contribution in [0.15, 0.2) is 42.4 Å². The molecular formula is C8H12ISb. The second-order valence-electron chi connectivity index (χ2n) is 2.02. The molecule has 0 nitrogen and oxygen atoms in total. The SMILES string of the molecule is C=[CH][Sb]([I])([CH]=C)([CH]=C)[CH]=C. The van der Waals surface area contributed by atoms with Gasteiger partial charge in [-0.3, -0.25) is 0 Å². The fourth-order valence-corrected chi connectivity index (χ4v) is 3.00. The van der Waals surface area contributed by atoms with Crippen molar-refractivity contribution in [3.63, 3.8) is 0 Å². The molecule has 10 heavy (non-hydrogen) atoms. The second-order valence-corrected chi connectivity index (χ2v) is 28.5. The van der Waals surface area contributed by atoms with E-state index in [1.54, 1.807) is 0 Å². The standard InChI is InChI=1S/4C2H3.HI.Sb/c4*1-2;;/h4*1H,2H2;1H;/q;;;;;+1/p-1. The zero-order valence-corrected chi connectivity index (χ0v) is 10.7. The van der Waals surface area contributed by atoms with Crippen LogP contribution in [0.2, 0.25) is 0 Å². The summed E-state index contributed by atoms with van der Waals surface area (Å²) >= 11 is -0.500. The van der Waals surface area contributed by atoms with Gasteiger partial charge in [0.2, 0.25) is 0 Å². The fraction of sp³-hybridized carbons (Fsp3) is 0. The first-order valence-corrected chi connectivity index (χ1v) is 16.2. The molecule has 0 atom stereocenters. The number of rotatable bonds is 4. The van der Waals surface area contributed by atoms with Gasteiger partial charge in [-0.05, 0) is 0 Å². The summed E-state index contributed by atoms with van der Waals surface area (Å²) in [4.78, 5) is 0. The van der Waals surface area contributed by atoms with E-state index in [0.29, 0.717) is 0 Å². The van der Waals surface area contributed by atoms with Gasteiger partial charge in [-0.25, -0.2) is 0 Å². The molecule has 0 heterocycles. The molecule has 0 aliphatic heterocycles. The molecule has 56 valence electrons. The van der Waals surface area contributed by atoms with Crippen molar-refractivity contribution < 1.29 is 0 Å². The normalized spacial score (nSPS) is 14.3. The summed E-state index contributed by atoms with van der Waals surface area (Å²) in [5.41, 5.74) is 0. The van der Waals surface area contributed by atoms with Crippen molar-refractivity contribution in [2.24, 2.45) is 0 Å². The zero-order valence-electron chi connectivity index (χ0n) is 5.96. The van der Waals surface area contributed by atoms with Crippen LogP contribution in [-0.2, 0) is 0 Å².